The van der Waals surface area contributed by atoms with Crippen molar-refractivity contribution in [3.8, 4) is 17.1 Å². The van der Waals surface area contributed by atoms with Crippen LogP contribution in [-0.2, 0) is 32.2 Å². The van der Waals surface area contributed by atoms with Crippen LogP contribution >= 0.6 is 0 Å². The van der Waals surface area contributed by atoms with E-state index in [2.05, 4.69) is 29.8 Å². The molecule has 38 heavy (non-hydrogen) atoms. The number of aromatic nitrogens is 5. The lowest BCUT2D eigenvalue weighted by Gasteiger charge is -2.39. The molecule has 0 radical (unpaired) electrons. The Balaban J connectivity index is 1.37. The Labute approximate surface area is 222 Å². The fourth-order valence-electron chi connectivity index (χ4n) is 4.86. The van der Waals surface area contributed by atoms with Crippen LogP contribution in [0.3, 0.4) is 0 Å². The van der Waals surface area contributed by atoms with E-state index in [4.69, 9.17) is 4.74 Å². The van der Waals surface area contributed by atoms with Gasteiger partial charge in [-0.2, -0.15) is 0 Å². The van der Waals surface area contributed by atoms with E-state index in [0.717, 1.165) is 18.7 Å². The van der Waals surface area contributed by atoms with Crippen molar-refractivity contribution in [3.63, 3.8) is 0 Å². The van der Waals surface area contributed by atoms with E-state index in [9.17, 15) is 13.2 Å². The van der Waals surface area contributed by atoms with E-state index >= 15 is 0 Å². The van der Waals surface area contributed by atoms with Crippen LogP contribution in [-0.4, -0.2) is 76.0 Å². The molecule has 0 N–H and O–H groups in total. The number of carbonyl (C=O) groups is 1. The van der Waals surface area contributed by atoms with Crippen LogP contribution in [0.2, 0.25) is 0 Å². The third-order valence-corrected chi connectivity index (χ3v) is 9.45. The average molecular weight is 537 g/mol. The Hall–Kier alpha value is -3.31. The molecule has 0 atom stereocenters. The number of hydrogen-bond acceptors (Lipinski definition) is 10. The number of ketones is 1. The first-order valence-electron chi connectivity index (χ1n) is 12.9. The lowest BCUT2D eigenvalue weighted by Crippen LogP contribution is -2.47. The van der Waals surface area contributed by atoms with Gasteiger partial charge in [-0.05, 0) is 70.9 Å². The van der Waals surface area contributed by atoms with Gasteiger partial charge >= 0.3 is 0 Å². The van der Waals surface area contributed by atoms with Gasteiger partial charge in [-0.15, -0.1) is 0 Å². The first-order valence-corrected chi connectivity index (χ1v) is 14.7. The fraction of sp³-hybridized carbons (Fsp3) is 0.481. The average Bonchev–Trinajstić information content (AvgIpc) is 3.77. The standard InChI is InChI=1S/C27H32N6O4S/c1-3-37-26-17-28-16-22(31-26)19-4-5-20(30-15-19)14-24(34)27(9-12-33(2)13-10-27)23-8-11-29-25(32-23)18-38(35,36)21-6-7-21/h4-5,8,11,15-17,21H,3,6-7,9-10,12-14,18H2,1-2H3. The minimum absolute atomic E-state index is 0.0266. The molecule has 0 aromatic carbocycles. The Morgan fingerprint density at radius 1 is 1.08 bits per heavy atom. The Bertz CT molecular complexity index is 1400. The minimum Gasteiger partial charge on any atom is -0.477 e. The number of piperidine rings is 1. The summed E-state index contributed by atoms with van der Waals surface area (Å²) in [5.41, 5.74) is 1.86. The van der Waals surface area contributed by atoms with Crippen LogP contribution in [0.4, 0.5) is 0 Å². The number of ether oxygens (including phenoxy) is 1. The zero-order valence-electron chi connectivity index (χ0n) is 21.7. The van der Waals surface area contributed by atoms with E-state index in [1.807, 2.05) is 26.1 Å². The molecular formula is C27H32N6O4S. The molecule has 2 aliphatic rings. The van der Waals surface area contributed by atoms with E-state index in [1.54, 1.807) is 30.9 Å². The number of likely N-dealkylation sites (tertiary alicyclic amines) is 1. The normalized spacial score (nSPS) is 17.7. The van der Waals surface area contributed by atoms with Gasteiger partial charge in [-0.1, -0.05) is 0 Å². The van der Waals surface area contributed by atoms with E-state index in [1.165, 1.54) is 0 Å². The van der Waals surface area contributed by atoms with Gasteiger partial charge in [0.15, 0.2) is 15.6 Å². The number of hydrogen-bond donors (Lipinski definition) is 0. The van der Waals surface area contributed by atoms with Gasteiger partial charge in [0.2, 0.25) is 5.88 Å². The van der Waals surface area contributed by atoms with Crippen molar-refractivity contribution in [2.45, 2.75) is 55.4 Å². The highest BCUT2D eigenvalue weighted by molar-refractivity contribution is 7.91. The molecule has 0 unspecified atom stereocenters. The number of pyridine rings is 1. The van der Waals surface area contributed by atoms with Crippen molar-refractivity contribution in [1.29, 1.82) is 0 Å². The molecule has 1 aliphatic carbocycles. The quantitative estimate of drug-likeness (QED) is 0.381. The predicted molar refractivity (Wildman–Crippen MR) is 141 cm³/mol. The van der Waals surface area contributed by atoms with Crippen molar-refractivity contribution < 1.29 is 17.9 Å². The highest BCUT2D eigenvalue weighted by Gasteiger charge is 2.44. The molecule has 1 aliphatic heterocycles. The van der Waals surface area contributed by atoms with Crippen LogP contribution in [0.15, 0.2) is 43.0 Å². The molecule has 0 spiro atoms. The van der Waals surface area contributed by atoms with Gasteiger partial charge < -0.3 is 9.64 Å². The fourth-order valence-corrected chi connectivity index (χ4v) is 6.45. The summed E-state index contributed by atoms with van der Waals surface area (Å²) in [7, 11) is -1.23. The maximum Gasteiger partial charge on any atom is 0.232 e. The number of Topliss-reactive ketones (excluding diaryl/α,β-unsaturated/α-hetero) is 1. The van der Waals surface area contributed by atoms with Gasteiger partial charge in [0, 0.05) is 30.1 Å². The number of carbonyl (C=O) groups excluding carboxylic acids is 1. The summed E-state index contributed by atoms with van der Waals surface area (Å²) in [6.45, 7) is 3.87. The summed E-state index contributed by atoms with van der Waals surface area (Å²) in [5, 5.41) is -0.282. The minimum atomic E-state index is -3.26. The van der Waals surface area contributed by atoms with Crippen LogP contribution in [0.25, 0.3) is 11.3 Å². The summed E-state index contributed by atoms with van der Waals surface area (Å²) >= 11 is 0. The van der Waals surface area contributed by atoms with Crippen LogP contribution in [0.1, 0.15) is 49.8 Å². The third kappa shape index (κ3) is 5.73. The number of sulfone groups is 1. The van der Waals surface area contributed by atoms with Crippen molar-refractivity contribution in [2.24, 2.45) is 0 Å². The van der Waals surface area contributed by atoms with Crippen molar-refractivity contribution in [2.75, 3.05) is 26.7 Å². The number of nitrogens with zero attached hydrogens (tertiary/aromatic N) is 6. The lowest BCUT2D eigenvalue weighted by atomic mass is 9.71. The highest BCUT2D eigenvalue weighted by atomic mass is 32.2. The van der Waals surface area contributed by atoms with Gasteiger partial charge in [-0.3, -0.25) is 14.8 Å². The summed E-state index contributed by atoms with van der Waals surface area (Å²) < 4.78 is 30.5. The highest BCUT2D eigenvalue weighted by Crippen LogP contribution is 2.37. The Kier molecular flexibility index (Phi) is 7.49. The predicted octanol–water partition coefficient (Wildman–Crippen LogP) is 2.58. The second-order valence-corrected chi connectivity index (χ2v) is 12.3. The zero-order chi connectivity index (χ0) is 26.8. The van der Waals surface area contributed by atoms with Crippen molar-refractivity contribution in [1.82, 2.24) is 29.8 Å². The largest absolute Gasteiger partial charge is 0.477 e. The molecule has 1 saturated heterocycles. The maximum atomic E-state index is 13.9. The monoisotopic (exact) mass is 536 g/mol. The summed E-state index contributed by atoms with van der Waals surface area (Å²) in [6.07, 6.45) is 9.24. The van der Waals surface area contributed by atoms with E-state index < -0.39 is 15.3 Å². The van der Waals surface area contributed by atoms with Gasteiger partial charge in [0.1, 0.15) is 11.6 Å². The summed E-state index contributed by atoms with van der Waals surface area (Å²) in [4.78, 5) is 38.2. The maximum absolute atomic E-state index is 13.9. The van der Waals surface area contributed by atoms with Gasteiger partial charge in [-0.25, -0.2) is 23.4 Å². The van der Waals surface area contributed by atoms with Crippen molar-refractivity contribution >= 4 is 15.6 Å². The van der Waals surface area contributed by atoms with E-state index in [0.29, 0.717) is 55.3 Å². The smallest absolute Gasteiger partial charge is 0.232 e. The molecule has 5 rings (SSSR count). The van der Waals surface area contributed by atoms with Gasteiger partial charge in [0.05, 0.1) is 41.1 Å². The second-order valence-electron chi connectivity index (χ2n) is 10.1. The molecule has 4 heterocycles. The molecule has 3 aromatic heterocycles. The van der Waals surface area contributed by atoms with E-state index in [-0.39, 0.29) is 29.0 Å². The molecule has 200 valence electrons. The first-order chi connectivity index (χ1) is 18.3. The van der Waals surface area contributed by atoms with Crippen LogP contribution in [0, 0.1) is 0 Å². The molecule has 3 aromatic rings. The topological polar surface area (TPSA) is 128 Å². The molecule has 0 amide bonds. The second kappa shape index (κ2) is 10.8. The molecule has 10 nitrogen and oxygen atoms in total. The van der Waals surface area contributed by atoms with Crippen LogP contribution in [0.5, 0.6) is 5.88 Å². The Morgan fingerprint density at radius 2 is 1.87 bits per heavy atom. The van der Waals surface area contributed by atoms with Crippen molar-refractivity contribution in [3.05, 3.63) is 60.2 Å². The molecule has 2 fully saturated rings. The molecule has 0 bridgehead atoms. The van der Waals surface area contributed by atoms with Crippen LogP contribution < -0.4 is 4.74 Å². The molecule has 1 saturated carbocycles. The lowest BCUT2D eigenvalue weighted by molar-refractivity contribution is -0.125. The SMILES string of the molecule is CCOc1cncc(-c2ccc(CC(=O)C3(c4ccnc(CS(=O)(=O)C5CC5)n4)CCN(C)CC3)nc2)n1. The first kappa shape index (κ1) is 26.3. The zero-order valence-corrected chi connectivity index (χ0v) is 22.5. The summed E-state index contributed by atoms with van der Waals surface area (Å²) in [5.74, 6) is 0.547. The summed E-state index contributed by atoms with van der Waals surface area (Å²) in [6, 6.07) is 5.47. The molecule has 11 heteroatoms. The Morgan fingerprint density at radius 3 is 2.55 bits per heavy atom. The third-order valence-electron chi connectivity index (χ3n) is 7.30. The molecular weight excluding hydrogens is 504 g/mol. The number of rotatable bonds is 10. The van der Waals surface area contributed by atoms with Gasteiger partial charge in [0.25, 0.3) is 0 Å².